The lowest BCUT2D eigenvalue weighted by Gasteiger charge is -2.17. The lowest BCUT2D eigenvalue weighted by atomic mass is 9.91. The molecule has 22 heavy (non-hydrogen) atoms. The summed E-state index contributed by atoms with van der Waals surface area (Å²) in [7, 11) is 0. The van der Waals surface area contributed by atoms with Crippen LogP contribution in [0.1, 0.15) is 53.6 Å². The molecule has 3 heteroatoms. The molecule has 0 bridgehead atoms. The summed E-state index contributed by atoms with van der Waals surface area (Å²) in [6.45, 7) is 6.12. The highest BCUT2D eigenvalue weighted by Gasteiger charge is 2.29. The van der Waals surface area contributed by atoms with Crippen LogP contribution in [0, 0.1) is 6.92 Å². The van der Waals surface area contributed by atoms with Crippen molar-refractivity contribution in [1.82, 2.24) is 0 Å². The zero-order chi connectivity index (χ0) is 15.9. The normalized spacial score (nSPS) is 18.0. The van der Waals surface area contributed by atoms with E-state index in [1.165, 1.54) is 5.56 Å². The molecule has 3 N–H and O–H groups in total. The standard InChI is InChI=1S/C19H22N2O/c1-4-13-9-15(10-16-12(3)19(22)21-18(13)16)17(20)14-7-5-6-11(2)8-14/h5-10,12,17H,4,20H2,1-3H3,(H,21,22). The molecule has 1 amide bonds. The number of fused-ring (bicyclic) bond motifs is 1. The average molecular weight is 294 g/mol. The van der Waals surface area contributed by atoms with Crippen LogP contribution in [0.15, 0.2) is 36.4 Å². The molecule has 0 aliphatic carbocycles. The summed E-state index contributed by atoms with van der Waals surface area (Å²) in [6.07, 6.45) is 0.879. The molecular formula is C19H22N2O. The summed E-state index contributed by atoms with van der Waals surface area (Å²) in [6, 6.07) is 12.3. The zero-order valence-corrected chi connectivity index (χ0v) is 13.3. The third kappa shape index (κ3) is 2.42. The largest absolute Gasteiger partial charge is 0.325 e. The molecular weight excluding hydrogens is 272 g/mol. The minimum absolute atomic E-state index is 0.0750. The minimum atomic E-state index is -0.168. The molecule has 2 aromatic carbocycles. The topological polar surface area (TPSA) is 55.1 Å². The van der Waals surface area contributed by atoms with Gasteiger partial charge >= 0.3 is 0 Å². The van der Waals surface area contributed by atoms with E-state index in [1.54, 1.807) is 0 Å². The van der Waals surface area contributed by atoms with Crippen LogP contribution in [-0.2, 0) is 11.2 Å². The van der Waals surface area contributed by atoms with E-state index in [1.807, 2.05) is 13.0 Å². The van der Waals surface area contributed by atoms with Crippen molar-refractivity contribution in [1.29, 1.82) is 0 Å². The quantitative estimate of drug-likeness (QED) is 0.907. The number of hydrogen-bond donors (Lipinski definition) is 2. The number of rotatable bonds is 3. The molecule has 2 atom stereocenters. The SMILES string of the molecule is CCc1cc(C(N)c2cccc(C)c2)cc2c1NC(=O)C2C. The van der Waals surface area contributed by atoms with E-state index in [-0.39, 0.29) is 17.9 Å². The van der Waals surface area contributed by atoms with Crippen molar-refractivity contribution < 1.29 is 4.79 Å². The summed E-state index contributed by atoms with van der Waals surface area (Å²) >= 11 is 0. The van der Waals surface area contributed by atoms with Crippen molar-refractivity contribution in [2.24, 2.45) is 5.73 Å². The minimum Gasteiger partial charge on any atom is -0.325 e. The molecule has 0 saturated carbocycles. The first-order chi connectivity index (χ1) is 10.5. The number of hydrogen-bond acceptors (Lipinski definition) is 2. The molecule has 3 rings (SSSR count). The van der Waals surface area contributed by atoms with Crippen LogP contribution in [0.3, 0.4) is 0 Å². The molecule has 0 spiro atoms. The van der Waals surface area contributed by atoms with Gasteiger partial charge in [0.25, 0.3) is 0 Å². The van der Waals surface area contributed by atoms with E-state index in [9.17, 15) is 4.79 Å². The maximum atomic E-state index is 12.0. The molecule has 3 nitrogen and oxygen atoms in total. The van der Waals surface area contributed by atoms with Crippen LogP contribution in [0.4, 0.5) is 5.69 Å². The predicted molar refractivity (Wildman–Crippen MR) is 90.1 cm³/mol. The molecule has 1 aliphatic rings. The van der Waals surface area contributed by atoms with Crippen LogP contribution in [0.5, 0.6) is 0 Å². The van der Waals surface area contributed by atoms with Gasteiger partial charge in [0.1, 0.15) is 0 Å². The van der Waals surface area contributed by atoms with E-state index in [0.29, 0.717) is 0 Å². The molecule has 2 aromatic rings. The molecule has 114 valence electrons. The van der Waals surface area contributed by atoms with Crippen molar-refractivity contribution >= 4 is 11.6 Å². The average Bonchev–Trinajstić information content (AvgIpc) is 2.81. The molecule has 0 fully saturated rings. The van der Waals surface area contributed by atoms with Crippen molar-refractivity contribution in [2.75, 3.05) is 5.32 Å². The number of benzene rings is 2. The lowest BCUT2D eigenvalue weighted by molar-refractivity contribution is -0.116. The third-order valence-corrected chi connectivity index (χ3v) is 4.52. The van der Waals surface area contributed by atoms with Gasteiger partial charge in [0, 0.05) is 5.69 Å². The Morgan fingerprint density at radius 1 is 1.23 bits per heavy atom. The Morgan fingerprint density at radius 2 is 2.00 bits per heavy atom. The van der Waals surface area contributed by atoms with E-state index in [0.717, 1.165) is 34.4 Å². The number of nitrogens with two attached hydrogens (primary N) is 1. The fourth-order valence-corrected chi connectivity index (χ4v) is 3.13. The molecule has 1 aliphatic heterocycles. The van der Waals surface area contributed by atoms with E-state index in [4.69, 9.17) is 5.73 Å². The van der Waals surface area contributed by atoms with Gasteiger partial charge in [-0.2, -0.15) is 0 Å². The number of amides is 1. The predicted octanol–water partition coefficient (Wildman–Crippen LogP) is 3.66. The molecule has 0 radical (unpaired) electrons. The molecule has 1 heterocycles. The van der Waals surface area contributed by atoms with Gasteiger partial charge in [-0.05, 0) is 42.5 Å². The second kappa shape index (κ2) is 5.58. The zero-order valence-electron chi connectivity index (χ0n) is 13.3. The summed E-state index contributed by atoms with van der Waals surface area (Å²) in [4.78, 5) is 12.0. The number of aryl methyl sites for hydroxylation is 2. The highest BCUT2D eigenvalue weighted by atomic mass is 16.2. The summed E-state index contributed by atoms with van der Waals surface area (Å²) in [5.41, 5.74) is 13.1. The van der Waals surface area contributed by atoms with E-state index in [2.05, 4.69) is 49.5 Å². The van der Waals surface area contributed by atoms with Gasteiger partial charge < -0.3 is 11.1 Å². The Morgan fingerprint density at radius 3 is 2.68 bits per heavy atom. The van der Waals surface area contributed by atoms with Gasteiger partial charge in [-0.15, -0.1) is 0 Å². The van der Waals surface area contributed by atoms with Crippen LogP contribution in [0.2, 0.25) is 0 Å². The Kier molecular flexibility index (Phi) is 3.75. The first kappa shape index (κ1) is 14.8. The summed E-state index contributed by atoms with van der Waals surface area (Å²) in [5, 5.41) is 3.00. The monoisotopic (exact) mass is 294 g/mol. The Balaban J connectivity index is 2.07. The van der Waals surface area contributed by atoms with Crippen molar-refractivity contribution in [3.63, 3.8) is 0 Å². The number of carbonyl (C=O) groups excluding carboxylic acids is 1. The van der Waals surface area contributed by atoms with Crippen molar-refractivity contribution in [2.45, 2.75) is 39.2 Å². The molecule has 2 unspecified atom stereocenters. The highest BCUT2D eigenvalue weighted by molar-refractivity contribution is 6.03. The van der Waals surface area contributed by atoms with Gasteiger partial charge in [0.05, 0.1) is 12.0 Å². The summed E-state index contributed by atoms with van der Waals surface area (Å²) in [5.74, 6) is -0.0315. The van der Waals surface area contributed by atoms with Crippen LogP contribution in [0.25, 0.3) is 0 Å². The first-order valence-corrected chi connectivity index (χ1v) is 7.81. The fourth-order valence-electron chi connectivity index (χ4n) is 3.13. The molecule has 0 aromatic heterocycles. The lowest BCUT2D eigenvalue weighted by Crippen LogP contribution is -2.13. The van der Waals surface area contributed by atoms with Gasteiger partial charge in [-0.25, -0.2) is 0 Å². The van der Waals surface area contributed by atoms with Crippen LogP contribution < -0.4 is 11.1 Å². The smallest absolute Gasteiger partial charge is 0.231 e. The van der Waals surface area contributed by atoms with Gasteiger partial charge in [0.2, 0.25) is 5.91 Å². The Bertz CT molecular complexity index is 736. The first-order valence-electron chi connectivity index (χ1n) is 7.81. The van der Waals surface area contributed by atoms with Crippen LogP contribution >= 0.6 is 0 Å². The van der Waals surface area contributed by atoms with E-state index < -0.39 is 0 Å². The second-order valence-corrected chi connectivity index (χ2v) is 6.10. The molecule has 0 saturated heterocycles. The van der Waals surface area contributed by atoms with Crippen molar-refractivity contribution in [3.05, 3.63) is 64.2 Å². The second-order valence-electron chi connectivity index (χ2n) is 6.10. The maximum Gasteiger partial charge on any atom is 0.231 e. The third-order valence-electron chi connectivity index (χ3n) is 4.52. The van der Waals surface area contributed by atoms with Gasteiger partial charge in [0.15, 0.2) is 0 Å². The van der Waals surface area contributed by atoms with Gasteiger partial charge in [-0.1, -0.05) is 48.9 Å². The van der Waals surface area contributed by atoms with Gasteiger partial charge in [-0.3, -0.25) is 4.79 Å². The Hall–Kier alpha value is -2.13. The summed E-state index contributed by atoms with van der Waals surface area (Å²) < 4.78 is 0. The Labute approximate surface area is 131 Å². The number of nitrogens with one attached hydrogen (secondary N) is 1. The van der Waals surface area contributed by atoms with Crippen molar-refractivity contribution in [3.8, 4) is 0 Å². The number of anilines is 1. The maximum absolute atomic E-state index is 12.0. The van der Waals surface area contributed by atoms with E-state index >= 15 is 0 Å². The fraction of sp³-hybridized carbons (Fsp3) is 0.316. The van der Waals surface area contributed by atoms with Crippen LogP contribution in [-0.4, -0.2) is 5.91 Å². The number of carbonyl (C=O) groups is 1. The highest BCUT2D eigenvalue weighted by Crippen LogP contribution is 2.38.